The third-order valence-corrected chi connectivity index (χ3v) is 1.27. The van der Waals surface area contributed by atoms with Gasteiger partial charge in [0.1, 0.15) is 6.23 Å². The average molecular weight is 132 g/mol. The van der Waals surface area contributed by atoms with E-state index in [1.54, 1.807) is 6.92 Å². The number of nitrogens with one attached hydrogen (secondary N) is 1. The zero-order valence-corrected chi connectivity index (χ0v) is 6.31. The van der Waals surface area contributed by atoms with E-state index >= 15 is 0 Å². The normalized spacial score (nSPS) is 21.0. The van der Waals surface area contributed by atoms with Crippen LogP contribution in [-0.2, 0) is 0 Å². The van der Waals surface area contributed by atoms with Crippen LogP contribution in [0.2, 0.25) is 0 Å². The van der Waals surface area contributed by atoms with Gasteiger partial charge in [0.05, 0.1) is 5.66 Å². The molecule has 4 N–H and O–H groups in total. The third kappa shape index (κ3) is 4.39. The summed E-state index contributed by atoms with van der Waals surface area (Å²) in [7, 11) is 0. The van der Waals surface area contributed by atoms with Gasteiger partial charge in [-0.1, -0.05) is 6.92 Å². The van der Waals surface area contributed by atoms with Crippen LogP contribution in [0.4, 0.5) is 0 Å². The second-order valence-electron chi connectivity index (χ2n) is 2.59. The Kier molecular flexibility index (Phi) is 3.11. The Morgan fingerprint density at radius 2 is 2.22 bits per heavy atom. The monoisotopic (exact) mass is 132 g/mol. The van der Waals surface area contributed by atoms with Gasteiger partial charge in [-0.05, 0) is 20.3 Å². The minimum absolute atomic E-state index is 0.436. The van der Waals surface area contributed by atoms with Gasteiger partial charge in [-0.15, -0.1) is 0 Å². The van der Waals surface area contributed by atoms with Crippen molar-refractivity contribution < 1.29 is 5.11 Å². The van der Waals surface area contributed by atoms with Gasteiger partial charge < -0.3 is 10.8 Å². The fraction of sp³-hybridized carbons (Fsp3) is 1.00. The lowest BCUT2D eigenvalue weighted by atomic mass is 10.1. The van der Waals surface area contributed by atoms with Gasteiger partial charge >= 0.3 is 0 Å². The summed E-state index contributed by atoms with van der Waals surface area (Å²) in [5.41, 5.74) is 5.21. The molecule has 0 spiro atoms. The predicted octanol–water partition coefficient (Wildman–Crippen LogP) is -0.000800. The quantitative estimate of drug-likeness (QED) is 0.474. The predicted molar refractivity (Wildman–Crippen MR) is 37.7 cm³/mol. The number of nitrogens with two attached hydrogens (primary N) is 1. The van der Waals surface area contributed by atoms with Crippen LogP contribution >= 0.6 is 0 Å². The van der Waals surface area contributed by atoms with Gasteiger partial charge in [-0.3, -0.25) is 5.32 Å². The lowest BCUT2D eigenvalue weighted by molar-refractivity contribution is 0.112. The number of aliphatic hydroxyl groups is 1. The molecule has 0 heterocycles. The summed E-state index contributed by atoms with van der Waals surface area (Å²) in [5.74, 6) is 0. The van der Waals surface area contributed by atoms with Crippen molar-refractivity contribution in [3.63, 3.8) is 0 Å². The minimum atomic E-state index is -0.528. The minimum Gasteiger partial charge on any atom is -0.379 e. The van der Waals surface area contributed by atoms with Crippen molar-refractivity contribution >= 4 is 0 Å². The maximum absolute atomic E-state index is 8.83. The lowest BCUT2D eigenvalue weighted by Crippen LogP contribution is -2.53. The van der Waals surface area contributed by atoms with Crippen molar-refractivity contribution in [3.8, 4) is 0 Å². The molecule has 0 rings (SSSR count). The van der Waals surface area contributed by atoms with Crippen LogP contribution in [0, 0.1) is 0 Å². The van der Waals surface area contributed by atoms with Crippen LogP contribution in [0.15, 0.2) is 0 Å². The van der Waals surface area contributed by atoms with E-state index in [4.69, 9.17) is 10.8 Å². The highest BCUT2D eigenvalue weighted by Gasteiger charge is 2.15. The second-order valence-corrected chi connectivity index (χ2v) is 2.59. The highest BCUT2D eigenvalue weighted by molar-refractivity contribution is 4.72. The highest BCUT2D eigenvalue weighted by atomic mass is 16.3. The molecular weight excluding hydrogens is 116 g/mol. The molecule has 0 saturated heterocycles. The third-order valence-electron chi connectivity index (χ3n) is 1.27. The first-order chi connectivity index (χ1) is 3.98. The van der Waals surface area contributed by atoms with Gasteiger partial charge in [-0.25, -0.2) is 0 Å². The van der Waals surface area contributed by atoms with Crippen LogP contribution in [-0.4, -0.2) is 17.0 Å². The molecule has 2 unspecified atom stereocenters. The summed E-state index contributed by atoms with van der Waals surface area (Å²) in [5, 5.41) is 11.6. The Morgan fingerprint density at radius 1 is 1.78 bits per heavy atom. The lowest BCUT2D eigenvalue weighted by Gasteiger charge is -2.26. The molecule has 0 bridgehead atoms. The molecule has 0 aromatic carbocycles. The van der Waals surface area contributed by atoms with Gasteiger partial charge in [0.2, 0.25) is 0 Å². The van der Waals surface area contributed by atoms with Crippen molar-refractivity contribution in [2.45, 2.75) is 39.1 Å². The molecule has 0 aliphatic heterocycles. The van der Waals surface area contributed by atoms with E-state index in [0.717, 1.165) is 6.42 Å². The summed E-state index contributed by atoms with van der Waals surface area (Å²) < 4.78 is 0. The molecule has 0 amide bonds. The summed E-state index contributed by atoms with van der Waals surface area (Å²) in [6.45, 7) is 5.47. The SMILES string of the molecule is CCC(C)(N)NC(C)O. The first-order valence-electron chi connectivity index (χ1n) is 3.22. The number of hydrogen-bond donors (Lipinski definition) is 3. The van der Waals surface area contributed by atoms with Gasteiger partial charge in [-0.2, -0.15) is 0 Å². The molecule has 0 aliphatic rings. The Balaban J connectivity index is 3.58. The van der Waals surface area contributed by atoms with E-state index in [2.05, 4.69) is 5.32 Å². The second kappa shape index (κ2) is 3.15. The zero-order valence-electron chi connectivity index (χ0n) is 6.31. The van der Waals surface area contributed by atoms with Crippen LogP contribution in [0.1, 0.15) is 27.2 Å². The van der Waals surface area contributed by atoms with Crippen LogP contribution < -0.4 is 11.1 Å². The van der Waals surface area contributed by atoms with Gasteiger partial charge in [0.25, 0.3) is 0 Å². The molecule has 2 atom stereocenters. The molecule has 0 aromatic heterocycles. The molecule has 3 heteroatoms. The van der Waals surface area contributed by atoms with Crippen molar-refractivity contribution in [1.29, 1.82) is 0 Å². The van der Waals surface area contributed by atoms with Gasteiger partial charge in [0, 0.05) is 0 Å². The molecule has 0 radical (unpaired) electrons. The van der Waals surface area contributed by atoms with Gasteiger partial charge in [0.15, 0.2) is 0 Å². The Labute approximate surface area is 56.2 Å². The largest absolute Gasteiger partial charge is 0.379 e. The standard InChI is InChI=1S/C6H16N2O/c1-4-6(3,7)8-5(2)9/h5,8-9H,4,7H2,1-3H3. The summed E-state index contributed by atoms with van der Waals surface area (Å²) in [6.07, 6.45) is 0.276. The first-order valence-corrected chi connectivity index (χ1v) is 3.22. The zero-order chi connectivity index (χ0) is 7.49. The molecule has 0 aliphatic carbocycles. The van der Waals surface area contributed by atoms with Crippen molar-refractivity contribution in [2.24, 2.45) is 5.73 Å². The van der Waals surface area contributed by atoms with Crippen LogP contribution in [0.5, 0.6) is 0 Å². The van der Waals surface area contributed by atoms with E-state index in [1.165, 1.54) is 0 Å². The van der Waals surface area contributed by atoms with E-state index in [1.807, 2.05) is 13.8 Å². The Bertz CT molecular complexity index is 81.1. The maximum Gasteiger partial charge on any atom is 0.103 e. The van der Waals surface area contributed by atoms with Crippen LogP contribution in [0.25, 0.3) is 0 Å². The van der Waals surface area contributed by atoms with Crippen molar-refractivity contribution in [2.75, 3.05) is 0 Å². The van der Waals surface area contributed by atoms with Crippen LogP contribution in [0.3, 0.4) is 0 Å². The van der Waals surface area contributed by atoms with Crippen molar-refractivity contribution in [3.05, 3.63) is 0 Å². The molecular formula is C6H16N2O. The Morgan fingerprint density at radius 3 is 2.33 bits per heavy atom. The summed E-state index contributed by atoms with van der Waals surface area (Å²) in [4.78, 5) is 0. The van der Waals surface area contributed by atoms with E-state index in [0.29, 0.717) is 0 Å². The first kappa shape index (κ1) is 8.88. The highest BCUT2D eigenvalue weighted by Crippen LogP contribution is 1.99. The van der Waals surface area contributed by atoms with Crippen molar-refractivity contribution in [1.82, 2.24) is 5.32 Å². The molecule has 0 aromatic rings. The van der Waals surface area contributed by atoms with E-state index in [-0.39, 0.29) is 0 Å². The maximum atomic E-state index is 8.83. The molecule has 0 saturated carbocycles. The molecule has 3 nitrogen and oxygen atoms in total. The smallest absolute Gasteiger partial charge is 0.103 e. The number of rotatable bonds is 3. The number of aliphatic hydroxyl groups excluding tert-OH is 1. The molecule has 56 valence electrons. The topological polar surface area (TPSA) is 58.3 Å². The fourth-order valence-electron chi connectivity index (χ4n) is 0.579. The molecule has 9 heavy (non-hydrogen) atoms. The van der Waals surface area contributed by atoms with E-state index in [9.17, 15) is 0 Å². The number of hydrogen-bond acceptors (Lipinski definition) is 3. The Hall–Kier alpha value is -0.120. The average Bonchev–Trinajstić information content (AvgIpc) is 1.63. The summed E-state index contributed by atoms with van der Waals surface area (Å²) >= 11 is 0. The molecule has 0 fully saturated rings. The van der Waals surface area contributed by atoms with E-state index < -0.39 is 11.9 Å². The summed E-state index contributed by atoms with van der Waals surface area (Å²) in [6, 6.07) is 0. The fourth-order valence-corrected chi connectivity index (χ4v) is 0.579.